The number of rotatable bonds is 11. The second kappa shape index (κ2) is 13.2. The summed E-state index contributed by atoms with van der Waals surface area (Å²) in [6, 6.07) is 7.64. The third-order valence-corrected chi connectivity index (χ3v) is 5.22. The minimum atomic E-state index is -0.801. The van der Waals surface area contributed by atoms with Crippen molar-refractivity contribution in [2.24, 2.45) is 5.92 Å². The standard InChI is InChI=1S/C25H41N3O5/c1-9-19(17(4)26-24(31)33-25(5,6)7)27-21(16(2)3)22(29)28-20(23(30)32-8)15-18-13-11-10-12-14-18/h10-14,16-17,19-21,27H,9,15H2,1-8H3,(H,26,31)(H,28,29)/t17-,19+,20-,21-/m0/s1. The van der Waals surface area contributed by atoms with Crippen molar-refractivity contribution in [3.05, 3.63) is 35.9 Å². The Bertz CT molecular complexity index is 761. The average Bonchev–Trinajstić information content (AvgIpc) is 2.72. The zero-order valence-corrected chi connectivity index (χ0v) is 21.2. The van der Waals surface area contributed by atoms with Crippen molar-refractivity contribution in [1.29, 1.82) is 0 Å². The van der Waals surface area contributed by atoms with Gasteiger partial charge in [-0.2, -0.15) is 0 Å². The molecule has 1 aromatic carbocycles. The molecule has 0 radical (unpaired) electrons. The SMILES string of the molecule is CC[C@@H](N[C@H](C(=O)N[C@@H](Cc1ccccc1)C(=O)OC)C(C)C)[C@H](C)NC(=O)OC(C)(C)C. The van der Waals surface area contributed by atoms with E-state index in [1.165, 1.54) is 7.11 Å². The largest absolute Gasteiger partial charge is 0.467 e. The van der Waals surface area contributed by atoms with Crippen molar-refractivity contribution < 1.29 is 23.9 Å². The molecule has 186 valence electrons. The molecule has 8 nitrogen and oxygen atoms in total. The van der Waals surface area contributed by atoms with Gasteiger partial charge in [0.15, 0.2) is 0 Å². The van der Waals surface area contributed by atoms with Crippen LogP contribution >= 0.6 is 0 Å². The molecule has 0 aliphatic carbocycles. The van der Waals surface area contributed by atoms with E-state index < -0.39 is 29.7 Å². The maximum absolute atomic E-state index is 13.2. The Balaban J connectivity index is 2.89. The van der Waals surface area contributed by atoms with E-state index in [1.807, 2.05) is 58.0 Å². The van der Waals surface area contributed by atoms with E-state index in [1.54, 1.807) is 20.8 Å². The van der Waals surface area contributed by atoms with E-state index >= 15 is 0 Å². The Morgan fingerprint density at radius 1 is 1.00 bits per heavy atom. The second-order valence-electron chi connectivity index (χ2n) is 9.61. The van der Waals surface area contributed by atoms with Gasteiger partial charge in [-0.05, 0) is 45.6 Å². The fourth-order valence-electron chi connectivity index (χ4n) is 3.46. The van der Waals surface area contributed by atoms with Crippen LogP contribution in [0.1, 0.15) is 60.5 Å². The highest BCUT2D eigenvalue weighted by atomic mass is 16.6. The lowest BCUT2D eigenvalue weighted by atomic mass is 9.98. The first-order chi connectivity index (χ1) is 15.4. The van der Waals surface area contributed by atoms with Gasteiger partial charge in [-0.3, -0.25) is 4.79 Å². The molecule has 3 N–H and O–H groups in total. The molecule has 0 saturated heterocycles. The zero-order valence-electron chi connectivity index (χ0n) is 21.2. The molecule has 0 unspecified atom stereocenters. The number of amides is 2. The summed E-state index contributed by atoms with van der Waals surface area (Å²) in [5.74, 6) is -0.844. The van der Waals surface area contributed by atoms with Gasteiger partial charge in [0.25, 0.3) is 0 Å². The lowest BCUT2D eigenvalue weighted by molar-refractivity contribution is -0.145. The lowest BCUT2D eigenvalue weighted by Crippen LogP contribution is -2.59. The summed E-state index contributed by atoms with van der Waals surface area (Å²) in [5.41, 5.74) is 0.324. The van der Waals surface area contributed by atoms with Gasteiger partial charge in [0.1, 0.15) is 11.6 Å². The summed E-state index contributed by atoms with van der Waals surface area (Å²) in [5, 5.41) is 9.05. The van der Waals surface area contributed by atoms with Gasteiger partial charge in [0.2, 0.25) is 5.91 Å². The molecule has 0 heterocycles. The molecule has 4 atom stereocenters. The predicted octanol–water partition coefficient (Wildman–Crippen LogP) is 3.19. The number of methoxy groups -OCH3 is 1. The summed E-state index contributed by atoms with van der Waals surface area (Å²) >= 11 is 0. The third kappa shape index (κ3) is 10.2. The second-order valence-corrected chi connectivity index (χ2v) is 9.61. The number of alkyl carbamates (subject to hydrolysis) is 1. The highest BCUT2D eigenvalue weighted by molar-refractivity contribution is 5.88. The van der Waals surface area contributed by atoms with Gasteiger partial charge in [0.05, 0.1) is 13.2 Å². The molecule has 1 rings (SSSR count). The molecule has 0 fully saturated rings. The lowest BCUT2D eigenvalue weighted by Gasteiger charge is -2.32. The van der Waals surface area contributed by atoms with Crippen LogP contribution in [0.25, 0.3) is 0 Å². The van der Waals surface area contributed by atoms with Crippen LogP contribution in [0.5, 0.6) is 0 Å². The number of carbonyl (C=O) groups excluding carboxylic acids is 3. The number of esters is 1. The Kier molecular flexibility index (Phi) is 11.4. The minimum Gasteiger partial charge on any atom is -0.467 e. The Morgan fingerprint density at radius 3 is 2.09 bits per heavy atom. The topological polar surface area (TPSA) is 106 Å². The van der Waals surface area contributed by atoms with E-state index in [0.29, 0.717) is 12.8 Å². The molecule has 0 aromatic heterocycles. The highest BCUT2D eigenvalue weighted by Gasteiger charge is 2.31. The van der Waals surface area contributed by atoms with Crippen LogP contribution in [0, 0.1) is 5.92 Å². The Hall–Kier alpha value is -2.61. The first kappa shape index (κ1) is 28.4. The molecular formula is C25H41N3O5. The van der Waals surface area contributed by atoms with E-state index in [0.717, 1.165) is 5.56 Å². The summed E-state index contributed by atoms with van der Waals surface area (Å²) in [7, 11) is 1.31. The molecule has 1 aromatic rings. The van der Waals surface area contributed by atoms with Crippen molar-refractivity contribution in [1.82, 2.24) is 16.0 Å². The number of benzene rings is 1. The fourth-order valence-corrected chi connectivity index (χ4v) is 3.46. The van der Waals surface area contributed by atoms with Gasteiger partial charge in [-0.1, -0.05) is 51.1 Å². The van der Waals surface area contributed by atoms with E-state index in [-0.39, 0.29) is 23.9 Å². The van der Waals surface area contributed by atoms with Crippen LogP contribution < -0.4 is 16.0 Å². The molecular weight excluding hydrogens is 422 g/mol. The molecule has 0 bridgehead atoms. The first-order valence-electron chi connectivity index (χ1n) is 11.6. The van der Waals surface area contributed by atoms with E-state index in [2.05, 4.69) is 16.0 Å². The molecule has 2 amide bonds. The number of hydrogen-bond donors (Lipinski definition) is 3. The van der Waals surface area contributed by atoms with Gasteiger partial charge in [0, 0.05) is 18.5 Å². The summed E-state index contributed by atoms with van der Waals surface area (Å²) < 4.78 is 10.3. The molecule has 0 aliphatic heterocycles. The zero-order chi connectivity index (χ0) is 25.2. The number of nitrogens with one attached hydrogen (secondary N) is 3. The summed E-state index contributed by atoms with van der Waals surface area (Å²) in [4.78, 5) is 37.7. The number of hydrogen-bond acceptors (Lipinski definition) is 6. The van der Waals surface area contributed by atoms with Crippen molar-refractivity contribution in [2.75, 3.05) is 7.11 Å². The van der Waals surface area contributed by atoms with Crippen LogP contribution in [-0.2, 0) is 25.5 Å². The number of ether oxygens (including phenoxy) is 2. The molecule has 33 heavy (non-hydrogen) atoms. The smallest absolute Gasteiger partial charge is 0.407 e. The van der Waals surface area contributed by atoms with Gasteiger partial charge < -0.3 is 25.4 Å². The number of carbonyl (C=O) groups is 3. The molecule has 0 saturated carbocycles. The predicted molar refractivity (Wildman–Crippen MR) is 129 cm³/mol. The van der Waals surface area contributed by atoms with Crippen LogP contribution in [0.3, 0.4) is 0 Å². The van der Waals surface area contributed by atoms with Gasteiger partial charge in [-0.15, -0.1) is 0 Å². The van der Waals surface area contributed by atoms with Gasteiger partial charge >= 0.3 is 12.1 Å². The Labute approximate surface area is 198 Å². The maximum Gasteiger partial charge on any atom is 0.407 e. The van der Waals surface area contributed by atoms with Crippen molar-refractivity contribution in [3.63, 3.8) is 0 Å². The maximum atomic E-state index is 13.2. The van der Waals surface area contributed by atoms with E-state index in [4.69, 9.17) is 9.47 Å². The van der Waals surface area contributed by atoms with Crippen LogP contribution in [-0.4, -0.2) is 54.8 Å². The van der Waals surface area contributed by atoms with Crippen LogP contribution in [0.15, 0.2) is 30.3 Å². The molecule has 8 heteroatoms. The fraction of sp³-hybridized carbons (Fsp3) is 0.640. The monoisotopic (exact) mass is 463 g/mol. The third-order valence-electron chi connectivity index (χ3n) is 5.22. The Morgan fingerprint density at radius 2 is 1.61 bits per heavy atom. The van der Waals surface area contributed by atoms with Crippen LogP contribution in [0.4, 0.5) is 4.79 Å². The summed E-state index contributed by atoms with van der Waals surface area (Å²) in [6.45, 7) is 13.1. The molecule has 0 spiro atoms. The van der Waals surface area contributed by atoms with Crippen molar-refractivity contribution >= 4 is 18.0 Å². The van der Waals surface area contributed by atoms with Gasteiger partial charge in [-0.25, -0.2) is 9.59 Å². The highest BCUT2D eigenvalue weighted by Crippen LogP contribution is 2.11. The quantitative estimate of drug-likeness (QED) is 0.435. The average molecular weight is 464 g/mol. The summed E-state index contributed by atoms with van der Waals surface area (Å²) in [6.07, 6.45) is 0.505. The van der Waals surface area contributed by atoms with Crippen molar-refractivity contribution in [3.8, 4) is 0 Å². The normalized spacial score (nSPS) is 15.2. The molecule has 0 aliphatic rings. The minimum absolute atomic E-state index is 0.0530. The first-order valence-corrected chi connectivity index (χ1v) is 11.6. The van der Waals surface area contributed by atoms with E-state index in [9.17, 15) is 14.4 Å². The van der Waals surface area contributed by atoms with Crippen molar-refractivity contribution in [2.45, 2.75) is 91.1 Å². The van der Waals surface area contributed by atoms with Crippen LogP contribution in [0.2, 0.25) is 0 Å².